The van der Waals surface area contributed by atoms with Gasteiger partial charge in [-0.15, -0.1) is 0 Å². The minimum atomic E-state index is 0.0412. The summed E-state index contributed by atoms with van der Waals surface area (Å²) in [4.78, 5) is 14.2. The van der Waals surface area contributed by atoms with Crippen LogP contribution in [0, 0.1) is 5.92 Å². The van der Waals surface area contributed by atoms with Crippen molar-refractivity contribution in [3.05, 3.63) is 0 Å². The predicted molar refractivity (Wildman–Crippen MR) is 66.8 cm³/mol. The second kappa shape index (κ2) is 5.83. The number of carbonyl (C=O) groups is 1. The molecule has 0 saturated carbocycles. The Morgan fingerprint density at radius 2 is 2.29 bits per heavy atom. The third-order valence-corrected chi connectivity index (χ3v) is 3.57. The zero-order valence-corrected chi connectivity index (χ0v) is 10.9. The van der Waals surface area contributed by atoms with Gasteiger partial charge in [0.15, 0.2) is 0 Å². The van der Waals surface area contributed by atoms with Gasteiger partial charge in [-0.05, 0) is 25.2 Å². The lowest BCUT2D eigenvalue weighted by molar-refractivity contribution is -0.130. The van der Waals surface area contributed by atoms with Gasteiger partial charge in [-0.25, -0.2) is 0 Å². The van der Waals surface area contributed by atoms with Crippen molar-refractivity contribution in [1.82, 2.24) is 10.2 Å². The summed E-state index contributed by atoms with van der Waals surface area (Å²) < 4.78 is 5.47. The highest BCUT2D eigenvalue weighted by molar-refractivity contribution is 5.84. The third-order valence-electron chi connectivity index (χ3n) is 3.57. The summed E-state index contributed by atoms with van der Waals surface area (Å²) in [6.45, 7) is 7.68. The van der Waals surface area contributed by atoms with E-state index in [1.165, 1.54) is 6.42 Å². The SMILES string of the molecule is CC(C)NC1CCN(CC2CCCOC2)C1=O. The van der Waals surface area contributed by atoms with E-state index in [0.717, 1.165) is 39.1 Å². The van der Waals surface area contributed by atoms with E-state index >= 15 is 0 Å². The Morgan fingerprint density at radius 1 is 1.47 bits per heavy atom. The average molecular weight is 240 g/mol. The molecule has 2 atom stereocenters. The van der Waals surface area contributed by atoms with Crippen molar-refractivity contribution in [2.45, 2.75) is 45.2 Å². The Kier molecular flexibility index (Phi) is 4.40. The van der Waals surface area contributed by atoms with Gasteiger partial charge in [0.2, 0.25) is 5.91 Å². The van der Waals surface area contributed by atoms with Crippen molar-refractivity contribution in [2.24, 2.45) is 5.92 Å². The molecule has 2 rings (SSSR count). The molecule has 2 aliphatic heterocycles. The highest BCUT2D eigenvalue weighted by atomic mass is 16.5. The molecule has 2 unspecified atom stereocenters. The Hall–Kier alpha value is -0.610. The summed E-state index contributed by atoms with van der Waals surface area (Å²) in [5, 5.41) is 3.34. The molecule has 2 heterocycles. The van der Waals surface area contributed by atoms with Gasteiger partial charge in [0.1, 0.15) is 0 Å². The van der Waals surface area contributed by atoms with E-state index in [4.69, 9.17) is 4.74 Å². The first-order chi connectivity index (χ1) is 8.16. The Labute approximate surface area is 104 Å². The molecule has 0 aromatic rings. The number of ether oxygens (including phenoxy) is 1. The first-order valence-corrected chi connectivity index (χ1v) is 6.79. The van der Waals surface area contributed by atoms with Crippen LogP contribution in [0.15, 0.2) is 0 Å². The standard InChI is InChI=1S/C13H24N2O2/c1-10(2)14-12-5-6-15(13(12)16)8-11-4-3-7-17-9-11/h10-12,14H,3-9H2,1-2H3. The number of nitrogens with zero attached hydrogens (tertiary/aromatic N) is 1. The number of likely N-dealkylation sites (tertiary alicyclic amines) is 1. The molecule has 0 aromatic heterocycles. The molecule has 17 heavy (non-hydrogen) atoms. The fourth-order valence-corrected chi connectivity index (χ4v) is 2.74. The molecular weight excluding hydrogens is 216 g/mol. The lowest BCUT2D eigenvalue weighted by atomic mass is 10.0. The first kappa shape index (κ1) is 12.8. The fourth-order valence-electron chi connectivity index (χ4n) is 2.74. The molecule has 4 heteroatoms. The summed E-state index contributed by atoms with van der Waals surface area (Å²) in [7, 11) is 0. The molecular formula is C13H24N2O2. The van der Waals surface area contributed by atoms with Crippen LogP contribution >= 0.6 is 0 Å². The van der Waals surface area contributed by atoms with Crippen molar-refractivity contribution >= 4 is 5.91 Å². The molecule has 0 bridgehead atoms. The van der Waals surface area contributed by atoms with Crippen molar-refractivity contribution in [3.8, 4) is 0 Å². The van der Waals surface area contributed by atoms with Crippen LogP contribution in [0.4, 0.5) is 0 Å². The average Bonchev–Trinajstić information content (AvgIpc) is 2.62. The summed E-state index contributed by atoms with van der Waals surface area (Å²) in [5.41, 5.74) is 0. The number of hydrogen-bond acceptors (Lipinski definition) is 3. The van der Waals surface area contributed by atoms with E-state index < -0.39 is 0 Å². The number of amides is 1. The Bertz CT molecular complexity index is 262. The molecule has 0 aromatic carbocycles. The van der Waals surface area contributed by atoms with Crippen LogP contribution in [0.5, 0.6) is 0 Å². The van der Waals surface area contributed by atoms with Gasteiger partial charge in [-0.1, -0.05) is 13.8 Å². The van der Waals surface area contributed by atoms with Gasteiger partial charge in [0.25, 0.3) is 0 Å². The van der Waals surface area contributed by atoms with E-state index in [1.807, 2.05) is 4.90 Å². The lowest BCUT2D eigenvalue weighted by Gasteiger charge is -2.27. The molecule has 2 aliphatic rings. The molecule has 2 saturated heterocycles. The van der Waals surface area contributed by atoms with E-state index in [0.29, 0.717) is 12.0 Å². The molecule has 0 aliphatic carbocycles. The van der Waals surface area contributed by atoms with Gasteiger partial charge >= 0.3 is 0 Å². The van der Waals surface area contributed by atoms with Crippen LogP contribution in [0.2, 0.25) is 0 Å². The second-order valence-corrected chi connectivity index (χ2v) is 5.53. The van der Waals surface area contributed by atoms with Gasteiger partial charge in [0, 0.05) is 25.7 Å². The van der Waals surface area contributed by atoms with Crippen molar-refractivity contribution in [2.75, 3.05) is 26.3 Å². The van der Waals surface area contributed by atoms with Crippen LogP contribution < -0.4 is 5.32 Å². The molecule has 1 amide bonds. The maximum Gasteiger partial charge on any atom is 0.239 e. The molecule has 1 N–H and O–H groups in total. The topological polar surface area (TPSA) is 41.6 Å². The minimum Gasteiger partial charge on any atom is -0.381 e. The quantitative estimate of drug-likeness (QED) is 0.797. The maximum absolute atomic E-state index is 12.1. The second-order valence-electron chi connectivity index (χ2n) is 5.53. The summed E-state index contributed by atoms with van der Waals surface area (Å²) in [5.74, 6) is 0.828. The predicted octanol–water partition coefficient (Wildman–Crippen LogP) is 1.01. The summed E-state index contributed by atoms with van der Waals surface area (Å²) in [6.07, 6.45) is 3.29. The van der Waals surface area contributed by atoms with E-state index in [2.05, 4.69) is 19.2 Å². The minimum absolute atomic E-state index is 0.0412. The number of hydrogen-bond donors (Lipinski definition) is 1. The van der Waals surface area contributed by atoms with Gasteiger partial charge in [0.05, 0.1) is 12.6 Å². The zero-order chi connectivity index (χ0) is 12.3. The molecule has 4 nitrogen and oxygen atoms in total. The Morgan fingerprint density at radius 3 is 2.94 bits per heavy atom. The van der Waals surface area contributed by atoms with E-state index in [9.17, 15) is 4.79 Å². The highest BCUT2D eigenvalue weighted by Gasteiger charge is 2.33. The van der Waals surface area contributed by atoms with Crippen molar-refractivity contribution in [3.63, 3.8) is 0 Å². The van der Waals surface area contributed by atoms with Crippen LogP contribution in [-0.4, -0.2) is 49.2 Å². The number of rotatable bonds is 4. The van der Waals surface area contributed by atoms with Crippen LogP contribution in [0.1, 0.15) is 33.1 Å². The molecule has 0 radical (unpaired) electrons. The molecule has 98 valence electrons. The monoisotopic (exact) mass is 240 g/mol. The van der Waals surface area contributed by atoms with Crippen LogP contribution in [-0.2, 0) is 9.53 Å². The van der Waals surface area contributed by atoms with Crippen LogP contribution in [0.25, 0.3) is 0 Å². The smallest absolute Gasteiger partial charge is 0.239 e. The van der Waals surface area contributed by atoms with Gasteiger partial charge in [-0.3, -0.25) is 4.79 Å². The number of nitrogens with one attached hydrogen (secondary N) is 1. The van der Waals surface area contributed by atoms with Crippen LogP contribution in [0.3, 0.4) is 0 Å². The van der Waals surface area contributed by atoms with Crippen molar-refractivity contribution < 1.29 is 9.53 Å². The fraction of sp³-hybridized carbons (Fsp3) is 0.923. The van der Waals surface area contributed by atoms with Gasteiger partial charge in [-0.2, -0.15) is 0 Å². The maximum atomic E-state index is 12.1. The van der Waals surface area contributed by atoms with E-state index in [1.54, 1.807) is 0 Å². The Balaban J connectivity index is 1.80. The molecule has 2 fully saturated rings. The summed E-state index contributed by atoms with van der Waals surface area (Å²) in [6, 6.07) is 0.418. The van der Waals surface area contributed by atoms with Gasteiger partial charge < -0.3 is 15.0 Å². The highest BCUT2D eigenvalue weighted by Crippen LogP contribution is 2.19. The molecule has 0 spiro atoms. The normalized spacial score (nSPS) is 30.3. The van der Waals surface area contributed by atoms with E-state index in [-0.39, 0.29) is 11.9 Å². The van der Waals surface area contributed by atoms with Crippen molar-refractivity contribution in [1.29, 1.82) is 0 Å². The largest absolute Gasteiger partial charge is 0.381 e. The summed E-state index contributed by atoms with van der Waals surface area (Å²) >= 11 is 0. The first-order valence-electron chi connectivity index (χ1n) is 6.79. The zero-order valence-electron chi connectivity index (χ0n) is 10.9. The third kappa shape index (κ3) is 3.42. The number of carbonyl (C=O) groups excluding carboxylic acids is 1. The lowest BCUT2D eigenvalue weighted by Crippen LogP contribution is -2.43.